The van der Waals surface area contributed by atoms with Crippen molar-refractivity contribution >= 4 is 11.9 Å². The van der Waals surface area contributed by atoms with E-state index in [-0.39, 0.29) is 18.3 Å². The van der Waals surface area contributed by atoms with Gasteiger partial charge in [0.2, 0.25) is 0 Å². The molecule has 0 heterocycles. The van der Waals surface area contributed by atoms with Crippen LogP contribution in [0.2, 0.25) is 0 Å². The van der Waals surface area contributed by atoms with Crippen LogP contribution >= 0.6 is 0 Å². The average molecular weight is 355 g/mol. The average Bonchev–Trinajstić information content (AvgIpc) is 3.17. The van der Waals surface area contributed by atoms with Crippen LogP contribution in [0.3, 0.4) is 0 Å². The van der Waals surface area contributed by atoms with Crippen molar-refractivity contribution in [1.82, 2.24) is 5.32 Å². The summed E-state index contributed by atoms with van der Waals surface area (Å²) >= 11 is 0. The second-order valence-electron chi connectivity index (χ2n) is 6.63. The van der Waals surface area contributed by atoms with Gasteiger partial charge in [-0.15, -0.1) is 0 Å². The number of benzene rings is 2. The first-order valence-corrected chi connectivity index (χ1v) is 8.84. The molecule has 1 aliphatic rings. The number of halogens is 1. The topological polar surface area (TPSA) is 55.4 Å². The molecule has 1 N–H and O–H groups in total. The lowest BCUT2D eigenvalue weighted by atomic mass is 9.79. The SMILES string of the molecule is O=C(COC(=O)C1(c2ccc(F)cc2)CCCC1)NCc1ccccc1. The number of rotatable bonds is 6. The maximum atomic E-state index is 13.2. The number of hydrogen-bond donors (Lipinski definition) is 1. The number of nitrogens with one attached hydrogen (secondary N) is 1. The van der Waals surface area contributed by atoms with Crippen LogP contribution in [-0.4, -0.2) is 18.5 Å². The van der Waals surface area contributed by atoms with Gasteiger partial charge in [-0.3, -0.25) is 9.59 Å². The second kappa shape index (κ2) is 8.13. The summed E-state index contributed by atoms with van der Waals surface area (Å²) in [4.78, 5) is 24.7. The van der Waals surface area contributed by atoms with Gasteiger partial charge in [0.1, 0.15) is 5.82 Å². The van der Waals surface area contributed by atoms with Gasteiger partial charge in [0.25, 0.3) is 5.91 Å². The lowest BCUT2D eigenvalue weighted by molar-refractivity contribution is -0.154. The Morgan fingerprint density at radius 2 is 1.65 bits per heavy atom. The highest BCUT2D eigenvalue weighted by Gasteiger charge is 2.44. The zero-order chi connectivity index (χ0) is 18.4. The van der Waals surface area contributed by atoms with E-state index in [0.717, 1.165) is 24.0 Å². The van der Waals surface area contributed by atoms with Gasteiger partial charge < -0.3 is 10.1 Å². The summed E-state index contributed by atoms with van der Waals surface area (Å²) in [7, 11) is 0. The van der Waals surface area contributed by atoms with Gasteiger partial charge in [0, 0.05) is 6.54 Å². The third kappa shape index (κ3) is 4.10. The zero-order valence-corrected chi connectivity index (χ0v) is 14.5. The number of amides is 1. The van der Waals surface area contributed by atoms with Crippen molar-refractivity contribution in [2.24, 2.45) is 0 Å². The minimum Gasteiger partial charge on any atom is -0.455 e. The van der Waals surface area contributed by atoms with Crippen LogP contribution in [0.5, 0.6) is 0 Å². The van der Waals surface area contributed by atoms with E-state index in [0.29, 0.717) is 19.4 Å². The van der Waals surface area contributed by atoms with E-state index < -0.39 is 11.4 Å². The molecule has 0 aliphatic heterocycles. The summed E-state index contributed by atoms with van der Waals surface area (Å²) in [6.07, 6.45) is 3.13. The summed E-state index contributed by atoms with van der Waals surface area (Å²) in [5, 5.41) is 2.74. The highest BCUT2D eigenvalue weighted by molar-refractivity contribution is 5.86. The highest BCUT2D eigenvalue weighted by Crippen LogP contribution is 2.42. The molecule has 1 saturated carbocycles. The molecule has 4 nitrogen and oxygen atoms in total. The van der Waals surface area contributed by atoms with Crippen molar-refractivity contribution in [1.29, 1.82) is 0 Å². The first-order valence-electron chi connectivity index (χ1n) is 8.84. The van der Waals surface area contributed by atoms with Crippen LogP contribution in [0, 0.1) is 5.82 Å². The van der Waals surface area contributed by atoms with Crippen LogP contribution in [0.25, 0.3) is 0 Å². The Labute approximate surface area is 152 Å². The highest BCUT2D eigenvalue weighted by atomic mass is 19.1. The van der Waals surface area contributed by atoms with Crippen LogP contribution in [-0.2, 0) is 26.3 Å². The molecule has 5 heteroatoms. The summed E-state index contributed by atoms with van der Waals surface area (Å²) in [5.41, 5.74) is 0.963. The monoisotopic (exact) mass is 355 g/mol. The minimum atomic E-state index is -0.770. The Morgan fingerprint density at radius 3 is 2.31 bits per heavy atom. The van der Waals surface area contributed by atoms with Gasteiger partial charge in [-0.2, -0.15) is 0 Å². The maximum Gasteiger partial charge on any atom is 0.317 e. The molecular formula is C21H22FNO3. The van der Waals surface area contributed by atoms with E-state index in [1.165, 1.54) is 12.1 Å². The van der Waals surface area contributed by atoms with Crippen molar-refractivity contribution in [3.05, 3.63) is 71.5 Å². The second-order valence-corrected chi connectivity index (χ2v) is 6.63. The Balaban J connectivity index is 1.58. The number of ether oxygens (including phenoxy) is 1. The van der Waals surface area contributed by atoms with Crippen LogP contribution < -0.4 is 5.32 Å². The third-order valence-corrected chi connectivity index (χ3v) is 4.91. The van der Waals surface area contributed by atoms with Crippen molar-refractivity contribution in [2.75, 3.05) is 6.61 Å². The molecule has 2 aromatic carbocycles. The van der Waals surface area contributed by atoms with E-state index in [1.807, 2.05) is 30.3 Å². The van der Waals surface area contributed by atoms with Gasteiger partial charge in [-0.05, 0) is 36.1 Å². The van der Waals surface area contributed by atoms with Crippen molar-refractivity contribution < 1.29 is 18.7 Å². The molecule has 1 fully saturated rings. The first-order chi connectivity index (χ1) is 12.6. The summed E-state index contributed by atoms with van der Waals surface area (Å²) in [5.74, 6) is -1.08. The normalized spacial score (nSPS) is 15.4. The largest absolute Gasteiger partial charge is 0.455 e. The van der Waals surface area contributed by atoms with Crippen molar-refractivity contribution in [2.45, 2.75) is 37.6 Å². The quantitative estimate of drug-likeness (QED) is 0.807. The first kappa shape index (κ1) is 18.1. The molecule has 136 valence electrons. The molecule has 0 radical (unpaired) electrons. The Hall–Kier alpha value is -2.69. The molecule has 0 saturated heterocycles. The van der Waals surface area contributed by atoms with E-state index in [2.05, 4.69) is 5.32 Å². The van der Waals surface area contributed by atoms with Gasteiger partial charge in [-0.1, -0.05) is 55.3 Å². The predicted molar refractivity (Wildman–Crippen MR) is 95.8 cm³/mol. The Morgan fingerprint density at radius 1 is 1.00 bits per heavy atom. The number of hydrogen-bond acceptors (Lipinski definition) is 3. The van der Waals surface area contributed by atoms with E-state index in [1.54, 1.807) is 12.1 Å². The third-order valence-electron chi connectivity index (χ3n) is 4.91. The Kier molecular flexibility index (Phi) is 5.66. The molecule has 0 atom stereocenters. The lowest BCUT2D eigenvalue weighted by Crippen LogP contribution is -2.37. The summed E-state index contributed by atoms with van der Waals surface area (Å²) in [6, 6.07) is 15.5. The standard InChI is InChI=1S/C21H22FNO3/c22-18-10-8-17(9-11-18)21(12-4-5-13-21)20(25)26-15-19(24)23-14-16-6-2-1-3-7-16/h1-3,6-11H,4-5,12-15H2,(H,23,24). The molecule has 1 amide bonds. The number of esters is 1. The van der Waals surface area contributed by atoms with E-state index >= 15 is 0 Å². The van der Waals surface area contributed by atoms with E-state index in [9.17, 15) is 14.0 Å². The molecule has 0 spiro atoms. The van der Waals surface area contributed by atoms with Gasteiger partial charge >= 0.3 is 5.97 Å². The van der Waals surface area contributed by atoms with Crippen LogP contribution in [0.15, 0.2) is 54.6 Å². The number of carbonyl (C=O) groups is 2. The van der Waals surface area contributed by atoms with Crippen molar-refractivity contribution in [3.63, 3.8) is 0 Å². The summed E-state index contributed by atoms with van der Waals surface area (Å²) in [6.45, 7) is 0.0783. The molecule has 3 rings (SSSR count). The maximum absolute atomic E-state index is 13.2. The summed E-state index contributed by atoms with van der Waals surface area (Å²) < 4.78 is 18.5. The lowest BCUT2D eigenvalue weighted by Gasteiger charge is -2.27. The smallest absolute Gasteiger partial charge is 0.317 e. The molecule has 2 aromatic rings. The molecule has 0 aromatic heterocycles. The molecule has 0 bridgehead atoms. The fourth-order valence-corrected chi connectivity index (χ4v) is 3.47. The van der Waals surface area contributed by atoms with Crippen LogP contribution in [0.4, 0.5) is 4.39 Å². The predicted octanol–water partition coefficient (Wildman–Crippen LogP) is 3.50. The van der Waals surface area contributed by atoms with Gasteiger partial charge in [-0.25, -0.2) is 4.39 Å². The number of carbonyl (C=O) groups excluding carboxylic acids is 2. The molecule has 1 aliphatic carbocycles. The Bertz CT molecular complexity index is 753. The molecular weight excluding hydrogens is 333 g/mol. The minimum absolute atomic E-state index is 0.311. The fraction of sp³-hybridized carbons (Fsp3) is 0.333. The van der Waals surface area contributed by atoms with Gasteiger partial charge in [0.15, 0.2) is 6.61 Å². The van der Waals surface area contributed by atoms with Crippen molar-refractivity contribution in [3.8, 4) is 0 Å². The molecule has 26 heavy (non-hydrogen) atoms. The van der Waals surface area contributed by atoms with Gasteiger partial charge in [0.05, 0.1) is 5.41 Å². The molecule has 0 unspecified atom stereocenters. The van der Waals surface area contributed by atoms with Crippen LogP contribution in [0.1, 0.15) is 36.8 Å². The van der Waals surface area contributed by atoms with E-state index in [4.69, 9.17) is 4.74 Å². The fourth-order valence-electron chi connectivity index (χ4n) is 3.47. The zero-order valence-electron chi connectivity index (χ0n) is 14.5.